The van der Waals surface area contributed by atoms with Gasteiger partial charge in [0.2, 0.25) is 0 Å². The summed E-state index contributed by atoms with van der Waals surface area (Å²) >= 11 is 7.42. The van der Waals surface area contributed by atoms with Crippen LogP contribution in [0.15, 0.2) is 35.8 Å². The van der Waals surface area contributed by atoms with Crippen molar-refractivity contribution in [3.8, 4) is 17.0 Å². The zero-order valence-corrected chi connectivity index (χ0v) is 11.3. The molecule has 92 valence electrons. The van der Waals surface area contributed by atoms with E-state index in [1.807, 2.05) is 30.5 Å². The highest BCUT2D eigenvalue weighted by Crippen LogP contribution is 2.27. The Morgan fingerprint density at radius 2 is 2.11 bits per heavy atom. The number of aromatic nitrogens is 2. The van der Waals surface area contributed by atoms with Crippen LogP contribution >= 0.6 is 22.9 Å². The third-order valence-corrected chi connectivity index (χ3v) is 3.90. The van der Waals surface area contributed by atoms with Crippen LogP contribution in [0.1, 0.15) is 5.69 Å². The number of hydrogen-bond acceptors (Lipinski definition) is 3. The van der Waals surface area contributed by atoms with Crippen molar-refractivity contribution in [2.75, 3.05) is 7.11 Å². The second-order valence-electron chi connectivity index (χ2n) is 3.87. The van der Waals surface area contributed by atoms with Crippen LogP contribution in [0, 0.1) is 0 Å². The van der Waals surface area contributed by atoms with Crippen molar-refractivity contribution in [1.82, 2.24) is 9.38 Å². The smallest absolute Gasteiger partial charge is 0.194 e. The fourth-order valence-corrected chi connectivity index (χ4v) is 2.89. The Bertz CT molecular complexity index is 672. The number of hydrogen-bond donors (Lipinski definition) is 0. The van der Waals surface area contributed by atoms with Crippen molar-refractivity contribution >= 4 is 27.9 Å². The molecule has 3 nitrogen and oxygen atoms in total. The van der Waals surface area contributed by atoms with Gasteiger partial charge >= 0.3 is 0 Å². The lowest BCUT2D eigenvalue weighted by molar-refractivity contribution is 0.415. The number of thiazole rings is 1. The number of alkyl halides is 1. The summed E-state index contributed by atoms with van der Waals surface area (Å²) in [6.45, 7) is 0. The maximum Gasteiger partial charge on any atom is 0.194 e. The van der Waals surface area contributed by atoms with E-state index in [2.05, 4.69) is 14.8 Å². The number of imidazole rings is 1. The predicted octanol–water partition coefficient (Wildman–Crippen LogP) is 3.81. The second-order valence-corrected chi connectivity index (χ2v) is 4.97. The molecular weight excluding hydrogens is 268 g/mol. The third kappa shape index (κ3) is 1.87. The maximum atomic E-state index is 5.81. The summed E-state index contributed by atoms with van der Waals surface area (Å²) in [5.41, 5.74) is 3.17. The van der Waals surface area contributed by atoms with Crippen LogP contribution in [0.5, 0.6) is 5.75 Å². The summed E-state index contributed by atoms with van der Waals surface area (Å²) in [5.74, 6) is 1.30. The molecule has 0 fully saturated rings. The van der Waals surface area contributed by atoms with Gasteiger partial charge in [0.15, 0.2) is 4.96 Å². The second kappa shape index (κ2) is 4.63. The minimum atomic E-state index is 0.441. The van der Waals surface area contributed by atoms with Gasteiger partial charge in [-0.25, -0.2) is 4.98 Å². The Hall–Kier alpha value is -1.52. The van der Waals surface area contributed by atoms with Gasteiger partial charge in [-0.05, 0) is 29.8 Å². The van der Waals surface area contributed by atoms with Gasteiger partial charge in [-0.3, -0.25) is 4.40 Å². The van der Waals surface area contributed by atoms with Gasteiger partial charge in [-0.2, -0.15) is 0 Å². The van der Waals surface area contributed by atoms with Crippen LogP contribution in [0.4, 0.5) is 0 Å². The van der Waals surface area contributed by atoms with Crippen LogP contribution in [-0.2, 0) is 5.88 Å². The Balaban J connectivity index is 2.09. The van der Waals surface area contributed by atoms with Crippen LogP contribution in [0.25, 0.3) is 16.2 Å². The van der Waals surface area contributed by atoms with E-state index in [-0.39, 0.29) is 0 Å². The van der Waals surface area contributed by atoms with Crippen molar-refractivity contribution in [3.63, 3.8) is 0 Å². The van der Waals surface area contributed by atoms with E-state index >= 15 is 0 Å². The topological polar surface area (TPSA) is 26.5 Å². The highest BCUT2D eigenvalue weighted by Gasteiger charge is 2.09. The summed E-state index contributed by atoms with van der Waals surface area (Å²) in [4.78, 5) is 5.40. The van der Waals surface area contributed by atoms with E-state index in [1.54, 1.807) is 18.4 Å². The van der Waals surface area contributed by atoms with Crippen LogP contribution in [0.2, 0.25) is 0 Å². The van der Waals surface area contributed by atoms with Crippen molar-refractivity contribution in [2.24, 2.45) is 0 Å². The lowest BCUT2D eigenvalue weighted by Crippen LogP contribution is -1.85. The normalized spacial score (nSPS) is 11.0. The third-order valence-electron chi connectivity index (χ3n) is 2.78. The van der Waals surface area contributed by atoms with E-state index in [0.29, 0.717) is 5.88 Å². The molecule has 0 N–H and O–H groups in total. The van der Waals surface area contributed by atoms with Gasteiger partial charge in [0.1, 0.15) is 5.75 Å². The first-order chi connectivity index (χ1) is 8.81. The number of benzene rings is 1. The van der Waals surface area contributed by atoms with Gasteiger partial charge in [0, 0.05) is 11.6 Å². The molecule has 0 unspecified atom stereocenters. The Labute approximate surface area is 114 Å². The average Bonchev–Trinajstić information content (AvgIpc) is 2.98. The van der Waals surface area contributed by atoms with E-state index in [1.165, 1.54) is 0 Å². The molecule has 0 radical (unpaired) electrons. The molecular formula is C13H11ClN2OS. The van der Waals surface area contributed by atoms with Gasteiger partial charge in [0.25, 0.3) is 0 Å². The first-order valence-electron chi connectivity index (χ1n) is 5.47. The van der Waals surface area contributed by atoms with Gasteiger partial charge in [-0.1, -0.05) is 0 Å². The summed E-state index contributed by atoms with van der Waals surface area (Å²) < 4.78 is 7.24. The number of ether oxygens (including phenoxy) is 1. The molecule has 0 aliphatic rings. The lowest BCUT2D eigenvalue weighted by atomic mass is 10.2. The van der Waals surface area contributed by atoms with Crippen molar-refractivity contribution in [3.05, 3.63) is 41.5 Å². The van der Waals surface area contributed by atoms with E-state index in [4.69, 9.17) is 16.3 Å². The van der Waals surface area contributed by atoms with E-state index in [9.17, 15) is 0 Å². The molecule has 0 aliphatic carbocycles. The van der Waals surface area contributed by atoms with Crippen molar-refractivity contribution in [1.29, 1.82) is 0 Å². The zero-order chi connectivity index (χ0) is 12.5. The van der Waals surface area contributed by atoms with Crippen LogP contribution < -0.4 is 4.74 Å². The molecule has 2 heterocycles. The quantitative estimate of drug-likeness (QED) is 0.681. The SMILES string of the molecule is COc1ccc(-c2csc3nc(CCl)cn23)cc1. The predicted molar refractivity (Wildman–Crippen MR) is 74.6 cm³/mol. The first kappa shape index (κ1) is 11.6. The van der Waals surface area contributed by atoms with Crippen LogP contribution in [-0.4, -0.2) is 16.5 Å². The minimum absolute atomic E-state index is 0.441. The Morgan fingerprint density at radius 1 is 1.33 bits per heavy atom. The van der Waals surface area contributed by atoms with Gasteiger partial charge in [0.05, 0.1) is 24.4 Å². The summed E-state index contributed by atoms with van der Waals surface area (Å²) in [6.07, 6.45) is 1.98. The molecule has 0 amide bonds. The van der Waals surface area contributed by atoms with Gasteiger partial charge in [-0.15, -0.1) is 22.9 Å². The molecule has 0 bridgehead atoms. The molecule has 0 atom stereocenters. The minimum Gasteiger partial charge on any atom is -0.497 e. The Morgan fingerprint density at radius 3 is 2.78 bits per heavy atom. The summed E-state index contributed by atoms with van der Waals surface area (Å²) in [7, 11) is 1.67. The molecule has 3 rings (SSSR count). The monoisotopic (exact) mass is 278 g/mol. The molecule has 0 saturated heterocycles. The molecule has 1 aromatic carbocycles. The number of methoxy groups -OCH3 is 1. The molecule has 0 saturated carbocycles. The molecule has 5 heteroatoms. The molecule has 3 aromatic rings. The zero-order valence-electron chi connectivity index (χ0n) is 9.76. The molecule has 0 aliphatic heterocycles. The van der Waals surface area contributed by atoms with E-state index in [0.717, 1.165) is 27.7 Å². The number of nitrogens with zero attached hydrogens (tertiary/aromatic N) is 2. The fraction of sp³-hybridized carbons (Fsp3) is 0.154. The highest BCUT2D eigenvalue weighted by molar-refractivity contribution is 7.15. The first-order valence-corrected chi connectivity index (χ1v) is 6.89. The van der Waals surface area contributed by atoms with Crippen molar-refractivity contribution in [2.45, 2.75) is 5.88 Å². The molecule has 2 aromatic heterocycles. The number of fused-ring (bicyclic) bond motifs is 1. The van der Waals surface area contributed by atoms with Gasteiger partial charge < -0.3 is 4.74 Å². The Kier molecular flexibility index (Phi) is 2.97. The molecule has 18 heavy (non-hydrogen) atoms. The standard InChI is InChI=1S/C13H11ClN2OS/c1-17-11-4-2-9(3-5-11)12-8-18-13-15-10(6-14)7-16(12)13/h2-5,7-8H,6H2,1H3. The summed E-state index contributed by atoms with van der Waals surface area (Å²) in [6, 6.07) is 8.00. The van der Waals surface area contributed by atoms with E-state index < -0.39 is 0 Å². The lowest BCUT2D eigenvalue weighted by Gasteiger charge is -2.02. The fourth-order valence-electron chi connectivity index (χ4n) is 1.86. The molecule has 0 spiro atoms. The number of halogens is 1. The largest absolute Gasteiger partial charge is 0.497 e. The van der Waals surface area contributed by atoms with Crippen LogP contribution in [0.3, 0.4) is 0 Å². The average molecular weight is 279 g/mol. The number of rotatable bonds is 3. The summed E-state index contributed by atoms with van der Waals surface area (Å²) in [5, 5.41) is 2.10. The maximum absolute atomic E-state index is 5.81. The highest BCUT2D eigenvalue weighted by atomic mass is 35.5. The van der Waals surface area contributed by atoms with Crippen molar-refractivity contribution < 1.29 is 4.74 Å².